The molecule has 1 aliphatic carbocycles. The minimum Gasteiger partial charge on any atom is -0.313 e. The van der Waals surface area contributed by atoms with Gasteiger partial charge in [-0.2, -0.15) is 0 Å². The van der Waals surface area contributed by atoms with Crippen molar-refractivity contribution >= 4 is 6.21 Å². The maximum atomic E-state index is 7.08. The lowest BCUT2D eigenvalue weighted by molar-refractivity contribution is 0.472. The molecule has 0 aromatic rings. The highest BCUT2D eigenvalue weighted by atomic mass is 14.5. The summed E-state index contributed by atoms with van der Waals surface area (Å²) in [7, 11) is 0. The van der Waals surface area contributed by atoms with Crippen LogP contribution in [0.5, 0.6) is 0 Å². The highest BCUT2D eigenvalue weighted by molar-refractivity contribution is 5.53. The van der Waals surface area contributed by atoms with E-state index in [1.807, 2.05) is 0 Å². The zero-order chi connectivity index (χ0) is 9.14. The minimum atomic E-state index is 0.748. The Labute approximate surface area is 76.1 Å². The summed E-state index contributed by atoms with van der Waals surface area (Å²) < 4.78 is 0. The van der Waals surface area contributed by atoms with Gasteiger partial charge < -0.3 is 5.41 Å². The maximum Gasteiger partial charge on any atom is -0.00450 e. The third-order valence-corrected chi connectivity index (χ3v) is 3.49. The van der Waals surface area contributed by atoms with Gasteiger partial charge in [-0.15, -0.1) is 0 Å². The van der Waals surface area contributed by atoms with E-state index in [0.29, 0.717) is 0 Å². The van der Waals surface area contributed by atoms with Crippen LogP contribution in [0.15, 0.2) is 0 Å². The van der Waals surface area contributed by atoms with Crippen LogP contribution in [0.2, 0.25) is 0 Å². The molecule has 1 heteroatoms. The normalized spacial score (nSPS) is 36.1. The first-order valence-corrected chi connectivity index (χ1v) is 5.25. The molecule has 3 atom stereocenters. The first kappa shape index (κ1) is 9.76. The lowest BCUT2D eigenvalue weighted by Gasteiger charge is -2.06. The van der Waals surface area contributed by atoms with Crippen LogP contribution in [0, 0.1) is 29.1 Å². The average Bonchev–Trinajstić information content (AvgIpc) is 2.77. The molecule has 0 bridgehead atoms. The maximum absolute atomic E-state index is 7.08. The molecule has 1 saturated carbocycles. The number of rotatable bonds is 5. The van der Waals surface area contributed by atoms with Gasteiger partial charge in [0.1, 0.15) is 0 Å². The molecule has 0 aromatic carbocycles. The average molecular weight is 167 g/mol. The van der Waals surface area contributed by atoms with Crippen LogP contribution in [0.4, 0.5) is 0 Å². The van der Waals surface area contributed by atoms with E-state index in [2.05, 4.69) is 20.8 Å². The van der Waals surface area contributed by atoms with E-state index in [1.165, 1.54) is 12.8 Å². The van der Waals surface area contributed by atoms with Crippen molar-refractivity contribution in [2.24, 2.45) is 23.7 Å². The van der Waals surface area contributed by atoms with Crippen molar-refractivity contribution in [3.8, 4) is 0 Å². The summed E-state index contributed by atoms with van der Waals surface area (Å²) >= 11 is 0. The fourth-order valence-electron chi connectivity index (χ4n) is 2.81. The van der Waals surface area contributed by atoms with Gasteiger partial charge >= 0.3 is 0 Å². The lowest BCUT2D eigenvalue weighted by Crippen LogP contribution is -2.00. The molecule has 1 nitrogen and oxygen atoms in total. The molecule has 1 aliphatic rings. The monoisotopic (exact) mass is 167 g/mol. The Morgan fingerprint density at radius 3 is 2.08 bits per heavy atom. The van der Waals surface area contributed by atoms with Crippen LogP contribution in [-0.4, -0.2) is 6.21 Å². The van der Waals surface area contributed by atoms with Crippen LogP contribution in [0.1, 0.15) is 40.0 Å². The molecule has 0 aromatic heterocycles. The molecule has 0 heterocycles. The van der Waals surface area contributed by atoms with Crippen LogP contribution in [-0.2, 0) is 0 Å². The Morgan fingerprint density at radius 2 is 1.75 bits per heavy atom. The van der Waals surface area contributed by atoms with E-state index >= 15 is 0 Å². The molecule has 0 aliphatic heterocycles. The van der Waals surface area contributed by atoms with Gasteiger partial charge in [0.25, 0.3) is 0 Å². The van der Waals surface area contributed by atoms with E-state index in [-0.39, 0.29) is 0 Å². The zero-order valence-corrected chi connectivity index (χ0v) is 8.51. The summed E-state index contributed by atoms with van der Waals surface area (Å²) in [6, 6.07) is 0. The van der Waals surface area contributed by atoms with Crippen molar-refractivity contribution in [1.82, 2.24) is 0 Å². The summed E-state index contributed by atoms with van der Waals surface area (Å²) in [4.78, 5) is 0. The van der Waals surface area contributed by atoms with Gasteiger partial charge in [0.2, 0.25) is 0 Å². The smallest absolute Gasteiger partial charge is 0.00450 e. The molecule has 0 spiro atoms. The molecule has 12 heavy (non-hydrogen) atoms. The molecule has 0 amide bonds. The van der Waals surface area contributed by atoms with E-state index < -0.39 is 0 Å². The molecule has 1 N–H and O–H groups in total. The Morgan fingerprint density at radius 1 is 1.25 bits per heavy atom. The summed E-state index contributed by atoms with van der Waals surface area (Å²) in [5.74, 6) is 3.63. The molecular weight excluding hydrogens is 146 g/mol. The Kier molecular flexibility index (Phi) is 3.30. The molecule has 3 unspecified atom stereocenters. The second-order valence-electron chi connectivity index (χ2n) is 4.14. The molecule has 0 saturated heterocycles. The van der Waals surface area contributed by atoms with Crippen molar-refractivity contribution in [2.75, 3.05) is 0 Å². The molecular formula is C11H21N. The highest BCUT2D eigenvalue weighted by Gasteiger charge is 2.49. The van der Waals surface area contributed by atoms with Gasteiger partial charge in [0, 0.05) is 0 Å². The van der Waals surface area contributed by atoms with E-state index in [0.717, 1.165) is 30.1 Å². The number of hydrogen-bond donors (Lipinski definition) is 1. The van der Waals surface area contributed by atoms with Crippen LogP contribution in [0.3, 0.4) is 0 Å². The van der Waals surface area contributed by atoms with Gasteiger partial charge in [-0.25, -0.2) is 0 Å². The molecule has 1 rings (SSSR count). The van der Waals surface area contributed by atoms with Crippen LogP contribution in [0.25, 0.3) is 0 Å². The summed E-state index contributed by atoms with van der Waals surface area (Å²) in [5, 5.41) is 7.08. The first-order chi connectivity index (χ1) is 5.76. The van der Waals surface area contributed by atoms with E-state index in [9.17, 15) is 0 Å². The number of hydrogen-bond acceptors (Lipinski definition) is 1. The minimum absolute atomic E-state index is 0.748. The summed E-state index contributed by atoms with van der Waals surface area (Å²) in [5.41, 5.74) is 0. The van der Waals surface area contributed by atoms with Gasteiger partial charge in [-0.1, -0.05) is 33.6 Å². The fourth-order valence-corrected chi connectivity index (χ4v) is 2.81. The van der Waals surface area contributed by atoms with Crippen molar-refractivity contribution in [2.45, 2.75) is 40.0 Å². The molecule has 70 valence electrons. The predicted molar refractivity (Wildman–Crippen MR) is 53.6 cm³/mol. The standard InChI is InChI=1S/C11H21N/c1-4-9-10(5-2)11(9)8(3)6-7-12/h7-12H,4-6H2,1-3H3. The van der Waals surface area contributed by atoms with Gasteiger partial charge in [0.15, 0.2) is 0 Å². The zero-order valence-electron chi connectivity index (χ0n) is 8.51. The van der Waals surface area contributed by atoms with Crippen molar-refractivity contribution < 1.29 is 0 Å². The van der Waals surface area contributed by atoms with Gasteiger partial charge in [-0.05, 0) is 36.3 Å². The van der Waals surface area contributed by atoms with E-state index in [4.69, 9.17) is 5.41 Å². The predicted octanol–water partition coefficient (Wildman–Crippen LogP) is 3.34. The summed E-state index contributed by atoms with van der Waals surface area (Å²) in [6.45, 7) is 6.89. The summed E-state index contributed by atoms with van der Waals surface area (Å²) in [6.07, 6.45) is 5.23. The van der Waals surface area contributed by atoms with Crippen LogP contribution < -0.4 is 0 Å². The topological polar surface area (TPSA) is 23.9 Å². The quantitative estimate of drug-likeness (QED) is 0.607. The number of nitrogens with one attached hydrogen (secondary N) is 1. The van der Waals surface area contributed by atoms with Crippen molar-refractivity contribution in [3.63, 3.8) is 0 Å². The Hall–Kier alpha value is -0.330. The molecule has 1 fully saturated rings. The van der Waals surface area contributed by atoms with Crippen molar-refractivity contribution in [1.29, 1.82) is 5.41 Å². The Bertz CT molecular complexity index is 143. The third-order valence-electron chi connectivity index (χ3n) is 3.49. The third kappa shape index (κ3) is 1.70. The fraction of sp³-hybridized carbons (Fsp3) is 0.909. The second kappa shape index (κ2) is 4.06. The van der Waals surface area contributed by atoms with E-state index in [1.54, 1.807) is 6.21 Å². The highest BCUT2D eigenvalue weighted by Crippen LogP contribution is 2.55. The second-order valence-corrected chi connectivity index (χ2v) is 4.14. The van der Waals surface area contributed by atoms with Gasteiger partial charge in [0.05, 0.1) is 0 Å². The molecule has 0 radical (unpaired) electrons. The van der Waals surface area contributed by atoms with Crippen molar-refractivity contribution in [3.05, 3.63) is 0 Å². The SMILES string of the molecule is CCC1C(CC)C1C(C)CC=N. The largest absolute Gasteiger partial charge is 0.313 e. The Balaban J connectivity index is 2.38. The van der Waals surface area contributed by atoms with Crippen LogP contribution >= 0.6 is 0 Å². The lowest BCUT2D eigenvalue weighted by atomic mass is 9.99. The first-order valence-electron chi connectivity index (χ1n) is 5.25. The van der Waals surface area contributed by atoms with Gasteiger partial charge in [-0.3, -0.25) is 0 Å².